The number of fused-ring (bicyclic) bond motifs is 9. The number of rotatable bonds is 9. The molecule has 0 fully saturated rings. The number of benzene rings is 9. The van der Waals surface area contributed by atoms with Gasteiger partial charge in [0.05, 0.1) is 57.7 Å². The van der Waals surface area contributed by atoms with Crippen LogP contribution in [0.1, 0.15) is 12.8 Å². The van der Waals surface area contributed by atoms with Gasteiger partial charge < -0.3 is 13.6 Å². The molecule has 6 heterocycles. The van der Waals surface area contributed by atoms with Crippen molar-refractivity contribution in [2.45, 2.75) is 12.8 Å². The van der Waals surface area contributed by atoms with E-state index in [-0.39, 0.29) is 0 Å². The van der Waals surface area contributed by atoms with Gasteiger partial charge >= 0.3 is 0 Å². The topological polar surface area (TPSA) is 100 Å². The Morgan fingerprint density at radius 2 is 0.790 bits per heavy atom. The van der Waals surface area contributed by atoms with E-state index in [2.05, 4.69) is 234 Å². The van der Waals surface area contributed by atoms with Crippen LogP contribution < -0.4 is 0 Å². The first-order valence-electron chi connectivity index (χ1n) is 27.2. The summed E-state index contributed by atoms with van der Waals surface area (Å²) in [6.45, 7) is 0. The van der Waals surface area contributed by atoms with Crippen molar-refractivity contribution < 1.29 is 4.42 Å². The third-order valence-corrected chi connectivity index (χ3v) is 16.0. The Kier molecular flexibility index (Phi) is 10.8. The van der Waals surface area contributed by atoms with Crippen molar-refractivity contribution in [2.75, 3.05) is 0 Å². The number of furan rings is 1. The van der Waals surface area contributed by atoms with Gasteiger partial charge in [0.15, 0.2) is 0 Å². The molecule has 9 heteroatoms. The Bertz CT molecular complexity index is 5050. The summed E-state index contributed by atoms with van der Waals surface area (Å²) in [5.41, 5.74) is 22.9. The Morgan fingerprint density at radius 3 is 1.33 bits per heavy atom. The van der Waals surface area contributed by atoms with Crippen LogP contribution in [0.25, 0.3) is 155 Å². The fourth-order valence-corrected chi connectivity index (χ4v) is 12.2. The minimum absolute atomic E-state index is 0.828. The third kappa shape index (κ3) is 7.85. The van der Waals surface area contributed by atoms with Gasteiger partial charge in [-0.15, -0.1) is 0 Å². The van der Waals surface area contributed by atoms with Gasteiger partial charge in [0.1, 0.15) is 11.2 Å². The minimum Gasteiger partial charge on any atom is -0.456 e. The smallest absolute Gasteiger partial charge is 0.135 e. The van der Waals surface area contributed by atoms with E-state index in [1.54, 1.807) is 37.2 Å². The maximum absolute atomic E-state index is 6.65. The van der Waals surface area contributed by atoms with Crippen molar-refractivity contribution in [3.8, 4) is 84.0 Å². The second-order valence-electron chi connectivity index (χ2n) is 20.6. The van der Waals surface area contributed by atoms with Crippen LogP contribution in [0.2, 0.25) is 0 Å². The molecule has 9 nitrogen and oxygen atoms in total. The Labute approximate surface area is 465 Å². The van der Waals surface area contributed by atoms with Crippen LogP contribution in [0.5, 0.6) is 0 Å². The normalized spacial score (nSPS) is 12.6. The molecule has 1 aliphatic carbocycles. The lowest BCUT2D eigenvalue weighted by Crippen LogP contribution is -1.97. The van der Waals surface area contributed by atoms with Gasteiger partial charge in [0, 0.05) is 97.6 Å². The number of hydrogen-bond acceptors (Lipinski definition) is 7. The third-order valence-electron chi connectivity index (χ3n) is 16.0. The summed E-state index contributed by atoms with van der Waals surface area (Å²) in [6, 6.07) is 66.1. The highest BCUT2D eigenvalue weighted by atomic mass is 16.3. The average molecular weight is 1040 g/mol. The molecule has 0 aliphatic heterocycles. The molecule has 0 saturated heterocycles. The second-order valence-corrected chi connectivity index (χ2v) is 20.6. The van der Waals surface area contributed by atoms with Crippen LogP contribution in [0.3, 0.4) is 0 Å². The number of allylic oxidation sites excluding steroid dienone is 4. The van der Waals surface area contributed by atoms with E-state index in [4.69, 9.17) is 9.40 Å². The van der Waals surface area contributed by atoms with Gasteiger partial charge in [-0.25, -0.2) is 0 Å². The first-order chi connectivity index (χ1) is 40.1. The van der Waals surface area contributed by atoms with Gasteiger partial charge in [-0.1, -0.05) is 109 Å². The van der Waals surface area contributed by atoms with E-state index >= 15 is 0 Å². The van der Waals surface area contributed by atoms with Crippen LogP contribution in [0.4, 0.5) is 0 Å². The molecule has 6 aromatic heterocycles. The van der Waals surface area contributed by atoms with Crippen molar-refractivity contribution in [3.63, 3.8) is 0 Å². The van der Waals surface area contributed by atoms with Crippen LogP contribution in [0.15, 0.2) is 260 Å². The largest absolute Gasteiger partial charge is 0.456 e. The van der Waals surface area contributed by atoms with Crippen LogP contribution in [-0.2, 0) is 0 Å². The Hall–Kier alpha value is -10.9. The molecule has 380 valence electrons. The molecule has 0 radical (unpaired) electrons. The van der Waals surface area contributed by atoms with Gasteiger partial charge in [-0.05, 0) is 148 Å². The van der Waals surface area contributed by atoms with Crippen molar-refractivity contribution in [1.82, 2.24) is 39.0 Å². The molecule has 81 heavy (non-hydrogen) atoms. The highest BCUT2D eigenvalue weighted by Gasteiger charge is 2.21. The quantitative estimate of drug-likeness (QED) is 0.142. The van der Waals surface area contributed by atoms with E-state index in [9.17, 15) is 0 Å². The summed E-state index contributed by atoms with van der Waals surface area (Å²) in [5.74, 6) is 0. The van der Waals surface area contributed by atoms with Gasteiger partial charge in [-0.2, -0.15) is 0 Å². The summed E-state index contributed by atoms with van der Waals surface area (Å²) >= 11 is 0. The first-order valence-corrected chi connectivity index (χ1v) is 27.2. The lowest BCUT2D eigenvalue weighted by molar-refractivity contribution is 0.669. The molecule has 0 unspecified atom stereocenters. The Balaban J connectivity index is 0.844. The average Bonchev–Trinajstić information content (AvgIpc) is 4.40. The maximum Gasteiger partial charge on any atom is 0.135 e. The monoisotopic (exact) mass is 1040 g/mol. The SMILES string of the molecule is C1=CC(n2c3ccc(-c4ccc5oc6ccc(-n7c8ccc(-c9cccc(-c%10cnccn%10)c9)cc8c8cc(-c9ccccc9-c9cnccn9)ccc87)cc6c5c4)cc3c3cc(-c4ccccc4-c4cnccn4)ccc32)=CCC1. The lowest BCUT2D eigenvalue weighted by Gasteiger charge is -2.13. The highest BCUT2D eigenvalue weighted by Crippen LogP contribution is 2.44. The zero-order valence-electron chi connectivity index (χ0n) is 43.6. The summed E-state index contributed by atoms with van der Waals surface area (Å²) in [5, 5.41) is 6.76. The Morgan fingerprint density at radius 1 is 0.333 bits per heavy atom. The van der Waals surface area contributed by atoms with Crippen LogP contribution in [-0.4, -0.2) is 39.0 Å². The van der Waals surface area contributed by atoms with E-state index in [0.29, 0.717) is 0 Å². The lowest BCUT2D eigenvalue weighted by atomic mass is 9.96. The number of hydrogen-bond donors (Lipinski definition) is 0. The van der Waals surface area contributed by atoms with E-state index < -0.39 is 0 Å². The molecule has 0 spiro atoms. The van der Waals surface area contributed by atoms with E-state index in [0.717, 1.165) is 141 Å². The molecule has 0 N–H and O–H groups in total. The van der Waals surface area contributed by atoms with Crippen molar-refractivity contribution in [3.05, 3.63) is 256 Å². The zero-order chi connectivity index (χ0) is 53.4. The summed E-state index contributed by atoms with van der Waals surface area (Å²) < 4.78 is 11.5. The first kappa shape index (κ1) is 46.2. The molecule has 9 aromatic carbocycles. The fourth-order valence-electron chi connectivity index (χ4n) is 12.2. The molecule has 1 aliphatic rings. The molecule has 0 saturated carbocycles. The molecule has 0 bridgehead atoms. The summed E-state index contributed by atoms with van der Waals surface area (Å²) in [7, 11) is 0. The molecular weight excluding hydrogens is 993 g/mol. The molecular formula is C72H46N8O. The molecule has 0 amide bonds. The molecule has 15 aromatic rings. The van der Waals surface area contributed by atoms with Crippen LogP contribution >= 0.6 is 0 Å². The predicted molar refractivity (Wildman–Crippen MR) is 329 cm³/mol. The highest BCUT2D eigenvalue weighted by molar-refractivity contribution is 6.15. The summed E-state index contributed by atoms with van der Waals surface area (Å²) in [6.07, 6.45) is 24.8. The predicted octanol–water partition coefficient (Wildman–Crippen LogP) is 18.0. The molecule has 0 atom stereocenters. The van der Waals surface area contributed by atoms with Crippen LogP contribution in [0, 0.1) is 0 Å². The number of aromatic nitrogens is 8. The van der Waals surface area contributed by atoms with E-state index in [1.807, 2.05) is 18.6 Å². The number of nitrogens with zero attached hydrogens (tertiary/aromatic N) is 8. The van der Waals surface area contributed by atoms with Crippen molar-refractivity contribution in [2.24, 2.45) is 0 Å². The van der Waals surface area contributed by atoms with E-state index in [1.165, 1.54) is 27.5 Å². The zero-order valence-corrected chi connectivity index (χ0v) is 43.6. The summed E-state index contributed by atoms with van der Waals surface area (Å²) in [4.78, 5) is 27.2. The standard InChI is InChI=1S/C72H46N8O/c1-2-11-52(12-3-1)79-67-23-18-47(37-58(67)60-39-49(19-25-68(60)79)54-13-4-6-15-56(54)65-43-74-30-33-77-65)48-21-27-71-62(38-48)63-41-53(22-28-72(63)81-71)80-69-24-17-46(45-9-8-10-51(35-45)64-42-73-29-32-76-64)36-59(69)61-40-50(20-26-70(61)80)55-14-5-7-16-57(55)66-44-75-31-34-78-66/h2,4-44H,1,3H2. The fraction of sp³-hybridized carbons (Fsp3) is 0.0278. The second kappa shape index (κ2) is 18.9. The van der Waals surface area contributed by atoms with Gasteiger partial charge in [0.25, 0.3) is 0 Å². The van der Waals surface area contributed by atoms with Gasteiger partial charge in [-0.3, -0.25) is 29.9 Å². The van der Waals surface area contributed by atoms with Crippen molar-refractivity contribution in [1.29, 1.82) is 0 Å². The van der Waals surface area contributed by atoms with Gasteiger partial charge in [0.2, 0.25) is 0 Å². The minimum atomic E-state index is 0.828. The molecule has 16 rings (SSSR count). The van der Waals surface area contributed by atoms with Crippen molar-refractivity contribution >= 4 is 71.2 Å². The maximum atomic E-state index is 6.65.